The molecule has 1 N–H and O–H groups in total. The third-order valence-electron chi connectivity index (χ3n) is 5.35. The van der Waals surface area contributed by atoms with Gasteiger partial charge in [-0.1, -0.05) is 12.1 Å². The minimum absolute atomic E-state index is 0.343. The van der Waals surface area contributed by atoms with E-state index in [9.17, 15) is 0 Å². The second kappa shape index (κ2) is 7.50. The molecule has 3 heterocycles. The lowest BCUT2D eigenvalue weighted by molar-refractivity contribution is 0.156. The van der Waals surface area contributed by atoms with Gasteiger partial charge in [0, 0.05) is 44.0 Å². The summed E-state index contributed by atoms with van der Waals surface area (Å²) in [5.74, 6) is 1.01. The van der Waals surface area contributed by atoms with Crippen molar-refractivity contribution in [3.63, 3.8) is 0 Å². The summed E-state index contributed by atoms with van der Waals surface area (Å²) >= 11 is 0. The number of hydrogen-bond acceptors (Lipinski definition) is 3. The maximum Gasteiger partial charge on any atom is 0.194 e. The van der Waals surface area contributed by atoms with Crippen LogP contribution in [0.25, 0.3) is 5.69 Å². The van der Waals surface area contributed by atoms with Gasteiger partial charge in [0.05, 0.1) is 18.8 Å². The molecule has 2 aromatic rings. The minimum Gasteiger partial charge on any atom is -0.381 e. The molecule has 0 radical (unpaired) electrons. The number of benzene rings is 1. The zero-order chi connectivity index (χ0) is 17.8. The standard InChI is InChI=1S/C20H27N5O/c1-2-21-19(24-11-7-20(15-24)8-12-26-16-20)22-14-17-5-3-6-18(13-17)25-10-4-9-23-25/h3-6,9-10,13H,2,7-8,11-12,14-16H2,1H3,(H,21,22). The molecule has 2 aliphatic rings. The summed E-state index contributed by atoms with van der Waals surface area (Å²) in [6, 6.07) is 10.3. The van der Waals surface area contributed by atoms with E-state index < -0.39 is 0 Å². The van der Waals surface area contributed by atoms with Crippen molar-refractivity contribution in [2.24, 2.45) is 10.4 Å². The Morgan fingerprint density at radius 1 is 1.35 bits per heavy atom. The van der Waals surface area contributed by atoms with Gasteiger partial charge in [-0.05, 0) is 43.5 Å². The summed E-state index contributed by atoms with van der Waals surface area (Å²) in [6.07, 6.45) is 6.13. The monoisotopic (exact) mass is 353 g/mol. The molecule has 2 aliphatic heterocycles. The van der Waals surface area contributed by atoms with Gasteiger partial charge in [0.2, 0.25) is 0 Å². The van der Waals surface area contributed by atoms with Gasteiger partial charge in [0.15, 0.2) is 5.96 Å². The highest BCUT2D eigenvalue weighted by molar-refractivity contribution is 5.80. The molecule has 2 saturated heterocycles. The maximum atomic E-state index is 5.65. The largest absolute Gasteiger partial charge is 0.381 e. The molecule has 26 heavy (non-hydrogen) atoms. The SMILES string of the molecule is CCNC(=NCc1cccc(-n2cccn2)c1)N1CCC2(CCOC2)C1. The quantitative estimate of drug-likeness (QED) is 0.678. The van der Waals surface area contributed by atoms with Crippen LogP contribution in [-0.2, 0) is 11.3 Å². The van der Waals surface area contributed by atoms with Crippen LogP contribution in [0.5, 0.6) is 0 Å². The highest BCUT2D eigenvalue weighted by Crippen LogP contribution is 2.38. The molecular formula is C20H27N5O. The van der Waals surface area contributed by atoms with Crippen LogP contribution in [0.3, 0.4) is 0 Å². The van der Waals surface area contributed by atoms with Crippen molar-refractivity contribution >= 4 is 5.96 Å². The molecule has 138 valence electrons. The van der Waals surface area contributed by atoms with Crippen LogP contribution < -0.4 is 5.32 Å². The Kier molecular flexibility index (Phi) is 4.93. The molecule has 0 amide bonds. The first-order chi connectivity index (χ1) is 12.8. The maximum absolute atomic E-state index is 5.65. The summed E-state index contributed by atoms with van der Waals surface area (Å²) < 4.78 is 7.53. The highest BCUT2D eigenvalue weighted by atomic mass is 16.5. The molecular weight excluding hydrogens is 326 g/mol. The molecule has 6 heteroatoms. The molecule has 1 atom stereocenters. The molecule has 1 spiro atoms. The summed E-state index contributed by atoms with van der Waals surface area (Å²) in [7, 11) is 0. The average Bonchev–Trinajstić information content (AvgIpc) is 3.43. The van der Waals surface area contributed by atoms with Crippen LogP contribution in [0.1, 0.15) is 25.3 Å². The molecule has 0 aliphatic carbocycles. The summed E-state index contributed by atoms with van der Waals surface area (Å²) in [6.45, 7) is 7.58. The highest BCUT2D eigenvalue weighted by Gasteiger charge is 2.42. The predicted octanol–water partition coefficient (Wildman–Crippen LogP) is 2.45. The number of aromatic nitrogens is 2. The van der Waals surface area contributed by atoms with Gasteiger partial charge in [0.1, 0.15) is 0 Å². The van der Waals surface area contributed by atoms with Gasteiger partial charge < -0.3 is 15.0 Å². The number of ether oxygens (including phenoxy) is 1. The molecule has 0 saturated carbocycles. The van der Waals surface area contributed by atoms with Crippen molar-refractivity contribution in [1.82, 2.24) is 20.0 Å². The van der Waals surface area contributed by atoms with Crippen molar-refractivity contribution in [2.45, 2.75) is 26.3 Å². The Labute approximate surface area is 154 Å². The van der Waals surface area contributed by atoms with Crippen molar-refractivity contribution < 1.29 is 4.74 Å². The number of likely N-dealkylation sites (tertiary alicyclic amines) is 1. The van der Waals surface area contributed by atoms with Gasteiger partial charge in [-0.3, -0.25) is 0 Å². The van der Waals surface area contributed by atoms with Crippen LogP contribution in [0, 0.1) is 5.41 Å². The van der Waals surface area contributed by atoms with E-state index in [1.165, 1.54) is 18.4 Å². The average molecular weight is 353 g/mol. The number of guanidine groups is 1. The van der Waals surface area contributed by atoms with E-state index in [0.717, 1.165) is 44.5 Å². The van der Waals surface area contributed by atoms with Crippen LogP contribution in [0.15, 0.2) is 47.7 Å². The number of hydrogen-bond donors (Lipinski definition) is 1. The van der Waals surface area contributed by atoms with Crippen LogP contribution in [-0.4, -0.2) is 53.5 Å². The van der Waals surface area contributed by atoms with Gasteiger partial charge in [-0.15, -0.1) is 0 Å². The number of rotatable bonds is 4. The Morgan fingerprint density at radius 3 is 3.08 bits per heavy atom. The number of nitrogens with zero attached hydrogens (tertiary/aromatic N) is 4. The van der Waals surface area contributed by atoms with Crippen molar-refractivity contribution in [3.05, 3.63) is 48.3 Å². The first-order valence-electron chi connectivity index (χ1n) is 9.48. The van der Waals surface area contributed by atoms with Crippen LogP contribution >= 0.6 is 0 Å². The first kappa shape index (κ1) is 17.1. The number of aliphatic imine (C=N–C) groups is 1. The Bertz CT molecular complexity index is 749. The zero-order valence-corrected chi connectivity index (χ0v) is 15.4. The van der Waals surface area contributed by atoms with Crippen molar-refractivity contribution in [2.75, 3.05) is 32.8 Å². The minimum atomic E-state index is 0.343. The third-order valence-corrected chi connectivity index (χ3v) is 5.35. The molecule has 0 bridgehead atoms. The predicted molar refractivity (Wildman–Crippen MR) is 102 cm³/mol. The Balaban J connectivity index is 1.47. The second-order valence-electron chi connectivity index (χ2n) is 7.26. The van der Waals surface area contributed by atoms with E-state index in [0.29, 0.717) is 12.0 Å². The van der Waals surface area contributed by atoms with E-state index in [1.807, 2.05) is 16.9 Å². The van der Waals surface area contributed by atoms with Crippen LogP contribution in [0.2, 0.25) is 0 Å². The molecule has 1 unspecified atom stereocenters. The smallest absolute Gasteiger partial charge is 0.194 e. The first-order valence-corrected chi connectivity index (χ1v) is 9.48. The molecule has 6 nitrogen and oxygen atoms in total. The Hall–Kier alpha value is -2.34. The molecule has 1 aromatic carbocycles. The van der Waals surface area contributed by atoms with E-state index in [-0.39, 0.29) is 0 Å². The Morgan fingerprint density at radius 2 is 2.31 bits per heavy atom. The van der Waals surface area contributed by atoms with Crippen molar-refractivity contribution in [3.8, 4) is 5.69 Å². The van der Waals surface area contributed by atoms with Gasteiger partial charge in [-0.2, -0.15) is 5.10 Å². The van der Waals surface area contributed by atoms with E-state index in [4.69, 9.17) is 9.73 Å². The van der Waals surface area contributed by atoms with Gasteiger partial charge in [0.25, 0.3) is 0 Å². The number of nitrogens with one attached hydrogen (secondary N) is 1. The summed E-state index contributed by atoms with van der Waals surface area (Å²) in [5.41, 5.74) is 2.60. The fraction of sp³-hybridized carbons (Fsp3) is 0.500. The van der Waals surface area contributed by atoms with E-state index >= 15 is 0 Å². The van der Waals surface area contributed by atoms with Gasteiger partial charge >= 0.3 is 0 Å². The molecule has 2 fully saturated rings. The lowest BCUT2D eigenvalue weighted by atomic mass is 9.87. The van der Waals surface area contributed by atoms with Gasteiger partial charge in [-0.25, -0.2) is 9.67 Å². The normalized spacial score (nSPS) is 23.1. The zero-order valence-electron chi connectivity index (χ0n) is 15.4. The van der Waals surface area contributed by atoms with E-state index in [1.54, 1.807) is 6.20 Å². The second-order valence-corrected chi connectivity index (χ2v) is 7.26. The molecule has 1 aromatic heterocycles. The van der Waals surface area contributed by atoms with E-state index in [2.05, 4.69) is 46.5 Å². The topological polar surface area (TPSA) is 54.7 Å². The van der Waals surface area contributed by atoms with Crippen LogP contribution in [0.4, 0.5) is 0 Å². The third kappa shape index (κ3) is 3.60. The summed E-state index contributed by atoms with van der Waals surface area (Å²) in [5, 5.41) is 7.77. The fourth-order valence-corrected chi connectivity index (χ4v) is 3.90. The lowest BCUT2D eigenvalue weighted by Gasteiger charge is -2.25. The van der Waals surface area contributed by atoms with Crippen molar-refractivity contribution in [1.29, 1.82) is 0 Å². The summed E-state index contributed by atoms with van der Waals surface area (Å²) in [4.78, 5) is 7.30. The lowest BCUT2D eigenvalue weighted by Crippen LogP contribution is -2.41. The fourth-order valence-electron chi connectivity index (χ4n) is 3.90. The molecule has 4 rings (SSSR count).